The van der Waals surface area contributed by atoms with E-state index in [1.165, 1.54) is 0 Å². The van der Waals surface area contributed by atoms with E-state index in [-0.39, 0.29) is 5.92 Å². The zero-order valence-electron chi connectivity index (χ0n) is 10.5. The number of ether oxygens (including phenoxy) is 1. The first-order valence-corrected chi connectivity index (χ1v) is 5.70. The second-order valence-electron chi connectivity index (χ2n) is 4.52. The summed E-state index contributed by atoms with van der Waals surface area (Å²) >= 11 is 0. The van der Waals surface area contributed by atoms with Crippen molar-refractivity contribution in [1.29, 1.82) is 0 Å². The molecule has 0 N–H and O–H groups in total. The molecule has 0 aliphatic carbocycles. The summed E-state index contributed by atoms with van der Waals surface area (Å²) in [6, 6.07) is 7.68. The van der Waals surface area contributed by atoms with Gasteiger partial charge in [0.1, 0.15) is 11.5 Å². The van der Waals surface area contributed by atoms with Crippen molar-refractivity contribution in [3.8, 4) is 5.75 Å². The molecule has 88 valence electrons. The van der Waals surface area contributed by atoms with Gasteiger partial charge in [-0.1, -0.05) is 32.9 Å². The smallest absolute Gasteiger partial charge is 0.140 e. The number of rotatable bonds is 5. The van der Waals surface area contributed by atoms with Gasteiger partial charge in [0.2, 0.25) is 0 Å². The van der Waals surface area contributed by atoms with Crippen LogP contribution in [0.4, 0.5) is 0 Å². The maximum atomic E-state index is 11.9. The number of hydrogen-bond donors (Lipinski definition) is 0. The molecule has 0 bridgehead atoms. The number of benzene rings is 1. The first kappa shape index (κ1) is 12.8. The molecule has 0 aliphatic heterocycles. The summed E-state index contributed by atoms with van der Waals surface area (Å²) < 4.78 is 5.07. The highest BCUT2D eigenvalue weighted by Gasteiger charge is 2.16. The molecule has 0 fully saturated rings. The van der Waals surface area contributed by atoms with Crippen molar-refractivity contribution in [3.05, 3.63) is 29.8 Å². The van der Waals surface area contributed by atoms with E-state index in [2.05, 4.69) is 13.8 Å². The molecule has 0 spiro atoms. The van der Waals surface area contributed by atoms with Gasteiger partial charge in [0.25, 0.3) is 0 Å². The van der Waals surface area contributed by atoms with Gasteiger partial charge in [-0.05, 0) is 23.6 Å². The van der Waals surface area contributed by atoms with Crippen LogP contribution in [0.25, 0.3) is 0 Å². The van der Waals surface area contributed by atoms with E-state index in [4.69, 9.17) is 4.74 Å². The van der Waals surface area contributed by atoms with Gasteiger partial charge >= 0.3 is 0 Å². The molecule has 0 saturated heterocycles. The van der Waals surface area contributed by atoms with Crippen LogP contribution in [-0.4, -0.2) is 12.9 Å². The molecule has 1 rings (SSSR count). The topological polar surface area (TPSA) is 26.3 Å². The van der Waals surface area contributed by atoms with Gasteiger partial charge in [0.15, 0.2) is 0 Å². The normalized spacial score (nSPS) is 12.6. The number of Topliss-reactive ketones (excluding diaryl/α,β-unsaturated/α-hetero) is 1. The van der Waals surface area contributed by atoms with Crippen LogP contribution in [0.3, 0.4) is 0 Å². The van der Waals surface area contributed by atoms with Crippen LogP contribution in [0.5, 0.6) is 5.75 Å². The summed E-state index contributed by atoms with van der Waals surface area (Å²) in [6.45, 7) is 6.16. The molecule has 0 amide bonds. The van der Waals surface area contributed by atoms with Gasteiger partial charge in [-0.15, -0.1) is 0 Å². The number of carbonyl (C=O) groups is 1. The van der Waals surface area contributed by atoms with E-state index in [9.17, 15) is 4.79 Å². The molecule has 0 radical (unpaired) electrons. The fourth-order valence-electron chi connectivity index (χ4n) is 1.48. The van der Waals surface area contributed by atoms with Crippen LogP contribution in [0.15, 0.2) is 24.3 Å². The van der Waals surface area contributed by atoms with E-state index >= 15 is 0 Å². The van der Waals surface area contributed by atoms with Gasteiger partial charge in [-0.3, -0.25) is 4.79 Å². The fourth-order valence-corrected chi connectivity index (χ4v) is 1.48. The minimum absolute atomic E-state index is 0.127. The lowest BCUT2D eigenvalue weighted by molar-refractivity contribution is -0.122. The Balaban J connectivity index is 2.62. The molecule has 0 saturated carbocycles. The Morgan fingerprint density at radius 1 is 1.19 bits per heavy atom. The Morgan fingerprint density at radius 2 is 1.75 bits per heavy atom. The van der Waals surface area contributed by atoms with E-state index in [0.717, 1.165) is 11.3 Å². The van der Waals surface area contributed by atoms with Crippen LogP contribution >= 0.6 is 0 Å². The Labute approximate surface area is 97.6 Å². The predicted octanol–water partition coefficient (Wildman–Crippen LogP) is 3.10. The highest BCUT2D eigenvalue weighted by molar-refractivity contribution is 5.83. The van der Waals surface area contributed by atoms with Crippen molar-refractivity contribution < 1.29 is 9.53 Å². The monoisotopic (exact) mass is 220 g/mol. The SMILES string of the molecule is COc1ccc(CC(=O)C(C)C(C)C)cc1. The summed E-state index contributed by atoms with van der Waals surface area (Å²) in [5.41, 5.74) is 1.05. The van der Waals surface area contributed by atoms with Crippen molar-refractivity contribution in [2.45, 2.75) is 27.2 Å². The Bertz CT molecular complexity index is 338. The van der Waals surface area contributed by atoms with Crippen LogP contribution in [-0.2, 0) is 11.2 Å². The lowest BCUT2D eigenvalue weighted by Gasteiger charge is -2.14. The number of hydrogen-bond acceptors (Lipinski definition) is 2. The lowest BCUT2D eigenvalue weighted by Crippen LogP contribution is -2.18. The van der Waals surface area contributed by atoms with Crippen molar-refractivity contribution >= 4 is 5.78 Å². The highest BCUT2D eigenvalue weighted by Crippen LogP contribution is 2.16. The maximum absolute atomic E-state index is 11.9. The highest BCUT2D eigenvalue weighted by atomic mass is 16.5. The molecule has 0 aromatic heterocycles. The molecule has 2 heteroatoms. The van der Waals surface area contributed by atoms with Crippen LogP contribution in [0.2, 0.25) is 0 Å². The summed E-state index contributed by atoms with van der Waals surface area (Å²) in [5.74, 6) is 1.67. The van der Waals surface area contributed by atoms with Gasteiger partial charge in [-0.25, -0.2) is 0 Å². The Morgan fingerprint density at radius 3 is 2.19 bits per heavy atom. The lowest BCUT2D eigenvalue weighted by atomic mass is 9.90. The molecule has 1 aromatic carbocycles. The summed E-state index contributed by atoms with van der Waals surface area (Å²) in [7, 11) is 1.64. The van der Waals surface area contributed by atoms with Gasteiger partial charge < -0.3 is 4.74 Å². The van der Waals surface area contributed by atoms with Crippen molar-refractivity contribution in [2.24, 2.45) is 11.8 Å². The average molecular weight is 220 g/mol. The first-order valence-electron chi connectivity index (χ1n) is 5.70. The van der Waals surface area contributed by atoms with Crippen molar-refractivity contribution in [2.75, 3.05) is 7.11 Å². The second kappa shape index (κ2) is 5.69. The van der Waals surface area contributed by atoms with Crippen molar-refractivity contribution in [3.63, 3.8) is 0 Å². The average Bonchev–Trinajstić information content (AvgIpc) is 2.28. The third-order valence-electron chi connectivity index (χ3n) is 3.05. The number of ketones is 1. The zero-order chi connectivity index (χ0) is 12.1. The van der Waals surface area contributed by atoms with E-state index in [1.54, 1.807) is 7.11 Å². The fraction of sp³-hybridized carbons (Fsp3) is 0.500. The van der Waals surface area contributed by atoms with Gasteiger partial charge in [-0.2, -0.15) is 0 Å². The van der Waals surface area contributed by atoms with Crippen LogP contribution in [0, 0.1) is 11.8 Å². The predicted molar refractivity (Wildman–Crippen MR) is 65.7 cm³/mol. The summed E-state index contributed by atoms with van der Waals surface area (Å²) in [5, 5.41) is 0. The third-order valence-corrected chi connectivity index (χ3v) is 3.05. The number of carbonyl (C=O) groups excluding carboxylic acids is 1. The minimum atomic E-state index is 0.127. The minimum Gasteiger partial charge on any atom is -0.497 e. The Kier molecular flexibility index (Phi) is 4.53. The third kappa shape index (κ3) is 3.37. The first-order chi connectivity index (χ1) is 7.54. The quantitative estimate of drug-likeness (QED) is 0.762. The zero-order valence-corrected chi connectivity index (χ0v) is 10.5. The summed E-state index contributed by atoms with van der Waals surface area (Å²) in [6.07, 6.45) is 0.517. The molecule has 0 aliphatic rings. The molecule has 1 atom stereocenters. The molecular weight excluding hydrogens is 200 g/mol. The molecule has 2 nitrogen and oxygen atoms in total. The van der Waals surface area contributed by atoms with E-state index in [0.29, 0.717) is 18.1 Å². The molecule has 1 unspecified atom stereocenters. The summed E-state index contributed by atoms with van der Waals surface area (Å²) in [4.78, 5) is 11.9. The van der Waals surface area contributed by atoms with E-state index in [1.807, 2.05) is 31.2 Å². The Hall–Kier alpha value is -1.31. The van der Waals surface area contributed by atoms with E-state index < -0.39 is 0 Å². The van der Waals surface area contributed by atoms with Crippen LogP contribution in [0.1, 0.15) is 26.3 Å². The van der Waals surface area contributed by atoms with Gasteiger partial charge in [0, 0.05) is 12.3 Å². The largest absolute Gasteiger partial charge is 0.497 e. The standard InChI is InChI=1S/C14H20O2/c1-10(2)11(3)14(15)9-12-5-7-13(16-4)8-6-12/h5-8,10-11H,9H2,1-4H3. The van der Waals surface area contributed by atoms with Crippen molar-refractivity contribution in [1.82, 2.24) is 0 Å². The van der Waals surface area contributed by atoms with Crippen LogP contribution < -0.4 is 4.74 Å². The molecule has 0 heterocycles. The number of methoxy groups -OCH3 is 1. The molecule has 1 aromatic rings. The molecule has 16 heavy (non-hydrogen) atoms. The molecular formula is C14H20O2. The maximum Gasteiger partial charge on any atom is 0.140 e. The van der Waals surface area contributed by atoms with Gasteiger partial charge in [0.05, 0.1) is 7.11 Å². The second-order valence-corrected chi connectivity index (χ2v) is 4.52.